The summed E-state index contributed by atoms with van der Waals surface area (Å²) in [5, 5.41) is 3.18. The average Bonchev–Trinajstić information content (AvgIpc) is 2.75. The molecule has 0 amide bonds. The van der Waals surface area contributed by atoms with Gasteiger partial charge in [0.05, 0.1) is 24.9 Å². The van der Waals surface area contributed by atoms with E-state index in [1.54, 1.807) is 0 Å². The summed E-state index contributed by atoms with van der Waals surface area (Å²) in [5.74, 6) is 0.843. The Bertz CT molecular complexity index is 222. The third kappa shape index (κ3) is 4.23. The van der Waals surface area contributed by atoms with Crippen molar-refractivity contribution in [2.75, 3.05) is 20.2 Å². The highest BCUT2D eigenvalue weighted by Crippen LogP contribution is 2.27. The molecule has 0 aromatic carbocycles. The standard InChI is InChI=1S/C14H27NO2/c1-11-4-3-5-12(8-11)16-10-14-7-6-13(17-14)9-15-2/h11-15H,3-10H2,1-2H3. The summed E-state index contributed by atoms with van der Waals surface area (Å²) in [6.45, 7) is 4.11. The largest absolute Gasteiger partial charge is 0.376 e. The van der Waals surface area contributed by atoms with Crippen molar-refractivity contribution in [3.8, 4) is 0 Å². The molecule has 3 heteroatoms. The maximum absolute atomic E-state index is 6.02. The van der Waals surface area contributed by atoms with Gasteiger partial charge in [-0.15, -0.1) is 0 Å². The van der Waals surface area contributed by atoms with Gasteiger partial charge in [0.15, 0.2) is 0 Å². The van der Waals surface area contributed by atoms with E-state index in [1.807, 2.05) is 7.05 Å². The van der Waals surface area contributed by atoms with Gasteiger partial charge >= 0.3 is 0 Å². The molecular weight excluding hydrogens is 214 g/mol. The fourth-order valence-corrected chi connectivity index (χ4v) is 3.05. The molecule has 0 radical (unpaired) electrons. The minimum atomic E-state index is 0.339. The average molecular weight is 241 g/mol. The fraction of sp³-hybridized carbons (Fsp3) is 1.00. The van der Waals surface area contributed by atoms with Crippen molar-refractivity contribution >= 4 is 0 Å². The monoisotopic (exact) mass is 241 g/mol. The lowest BCUT2D eigenvalue weighted by molar-refractivity contribution is -0.0545. The molecule has 2 rings (SSSR count). The number of likely N-dealkylation sites (N-methyl/N-ethyl adjacent to an activating group) is 1. The van der Waals surface area contributed by atoms with Gasteiger partial charge in [0.1, 0.15) is 0 Å². The first kappa shape index (κ1) is 13.3. The van der Waals surface area contributed by atoms with Crippen molar-refractivity contribution in [3.63, 3.8) is 0 Å². The second kappa shape index (κ2) is 6.72. The second-order valence-electron chi connectivity index (χ2n) is 5.74. The number of hydrogen-bond donors (Lipinski definition) is 1. The molecular formula is C14H27NO2. The summed E-state index contributed by atoms with van der Waals surface area (Å²) in [7, 11) is 1.98. The Morgan fingerprint density at radius 3 is 2.76 bits per heavy atom. The van der Waals surface area contributed by atoms with Crippen molar-refractivity contribution in [2.24, 2.45) is 5.92 Å². The molecule has 0 spiro atoms. The van der Waals surface area contributed by atoms with Gasteiger partial charge in [-0.1, -0.05) is 19.8 Å². The molecule has 1 saturated carbocycles. The Hall–Kier alpha value is -0.120. The van der Waals surface area contributed by atoms with Crippen molar-refractivity contribution in [3.05, 3.63) is 0 Å². The smallest absolute Gasteiger partial charge is 0.0814 e. The van der Waals surface area contributed by atoms with Gasteiger partial charge in [0.25, 0.3) is 0 Å². The van der Waals surface area contributed by atoms with Crippen LogP contribution in [0.4, 0.5) is 0 Å². The minimum absolute atomic E-state index is 0.339. The van der Waals surface area contributed by atoms with Crippen LogP contribution in [0.2, 0.25) is 0 Å². The van der Waals surface area contributed by atoms with Crippen molar-refractivity contribution in [2.45, 2.75) is 63.8 Å². The molecule has 4 unspecified atom stereocenters. The van der Waals surface area contributed by atoms with Crippen molar-refractivity contribution < 1.29 is 9.47 Å². The maximum atomic E-state index is 6.02. The molecule has 17 heavy (non-hydrogen) atoms. The summed E-state index contributed by atoms with van der Waals surface area (Å²) in [4.78, 5) is 0. The fourth-order valence-electron chi connectivity index (χ4n) is 3.05. The summed E-state index contributed by atoms with van der Waals surface area (Å²) in [5.41, 5.74) is 0. The van der Waals surface area contributed by atoms with Gasteiger partial charge in [-0.2, -0.15) is 0 Å². The third-order valence-corrected chi connectivity index (χ3v) is 4.03. The Morgan fingerprint density at radius 2 is 2.00 bits per heavy atom. The van der Waals surface area contributed by atoms with E-state index in [1.165, 1.54) is 32.1 Å². The Kier molecular flexibility index (Phi) is 5.26. The van der Waals surface area contributed by atoms with Crippen LogP contribution in [0.25, 0.3) is 0 Å². The van der Waals surface area contributed by atoms with E-state index in [2.05, 4.69) is 12.2 Å². The van der Waals surface area contributed by atoms with Crippen LogP contribution < -0.4 is 5.32 Å². The zero-order valence-electron chi connectivity index (χ0n) is 11.3. The van der Waals surface area contributed by atoms with Crippen LogP contribution in [0, 0.1) is 5.92 Å². The van der Waals surface area contributed by atoms with Gasteiger partial charge < -0.3 is 14.8 Å². The van der Waals surface area contributed by atoms with Crippen LogP contribution in [0.5, 0.6) is 0 Å². The quantitative estimate of drug-likeness (QED) is 0.801. The summed E-state index contributed by atoms with van der Waals surface area (Å²) in [6, 6.07) is 0. The lowest BCUT2D eigenvalue weighted by atomic mass is 9.89. The zero-order valence-corrected chi connectivity index (χ0v) is 11.3. The number of nitrogens with one attached hydrogen (secondary N) is 1. The molecule has 1 saturated heterocycles. The molecule has 0 aromatic rings. The van der Waals surface area contributed by atoms with E-state index in [0.717, 1.165) is 25.5 Å². The normalized spacial score (nSPS) is 38.5. The molecule has 100 valence electrons. The lowest BCUT2D eigenvalue weighted by Gasteiger charge is -2.27. The Labute approximate surface area is 105 Å². The summed E-state index contributed by atoms with van der Waals surface area (Å²) >= 11 is 0. The van der Waals surface area contributed by atoms with E-state index in [9.17, 15) is 0 Å². The molecule has 0 aromatic heterocycles. The number of hydrogen-bond acceptors (Lipinski definition) is 3. The van der Waals surface area contributed by atoms with Crippen LogP contribution >= 0.6 is 0 Å². The molecule has 3 nitrogen and oxygen atoms in total. The topological polar surface area (TPSA) is 30.5 Å². The van der Waals surface area contributed by atoms with Crippen LogP contribution in [0.1, 0.15) is 45.4 Å². The van der Waals surface area contributed by atoms with Gasteiger partial charge in [-0.3, -0.25) is 0 Å². The Morgan fingerprint density at radius 1 is 1.18 bits per heavy atom. The highest BCUT2D eigenvalue weighted by Gasteiger charge is 2.26. The highest BCUT2D eigenvalue weighted by molar-refractivity contribution is 4.76. The summed E-state index contributed by atoms with van der Waals surface area (Å²) in [6.07, 6.45) is 8.77. The predicted octanol–water partition coefficient (Wildman–Crippen LogP) is 2.35. The third-order valence-electron chi connectivity index (χ3n) is 4.03. The molecule has 2 aliphatic rings. The number of ether oxygens (including phenoxy) is 2. The number of rotatable bonds is 5. The molecule has 0 bridgehead atoms. The minimum Gasteiger partial charge on any atom is -0.376 e. The Balaban J connectivity index is 1.62. The highest BCUT2D eigenvalue weighted by atomic mass is 16.5. The van der Waals surface area contributed by atoms with E-state index in [0.29, 0.717) is 18.3 Å². The van der Waals surface area contributed by atoms with Crippen LogP contribution in [0.15, 0.2) is 0 Å². The maximum Gasteiger partial charge on any atom is 0.0814 e. The first-order chi connectivity index (χ1) is 8.28. The van der Waals surface area contributed by atoms with Crippen LogP contribution in [-0.2, 0) is 9.47 Å². The van der Waals surface area contributed by atoms with Gasteiger partial charge in [-0.05, 0) is 38.6 Å². The van der Waals surface area contributed by atoms with Crippen LogP contribution in [0.3, 0.4) is 0 Å². The summed E-state index contributed by atoms with van der Waals surface area (Å²) < 4.78 is 12.0. The molecule has 2 fully saturated rings. The first-order valence-electron chi connectivity index (χ1n) is 7.19. The van der Waals surface area contributed by atoms with Gasteiger partial charge in [-0.25, -0.2) is 0 Å². The molecule has 1 aliphatic heterocycles. The van der Waals surface area contributed by atoms with Crippen molar-refractivity contribution in [1.29, 1.82) is 0 Å². The van der Waals surface area contributed by atoms with Gasteiger partial charge in [0.2, 0.25) is 0 Å². The van der Waals surface area contributed by atoms with Crippen LogP contribution in [-0.4, -0.2) is 38.5 Å². The van der Waals surface area contributed by atoms with Gasteiger partial charge in [0, 0.05) is 6.54 Å². The second-order valence-corrected chi connectivity index (χ2v) is 5.74. The molecule has 4 atom stereocenters. The first-order valence-corrected chi connectivity index (χ1v) is 7.19. The van der Waals surface area contributed by atoms with E-state index in [-0.39, 0.29) is 0 Å². The molecule has 1 N–H and O–H groups in total. The lowest BCUT2D eigenvalue weighted by Crippen LogP contribution is -2.28. The SMILES string of the molecule is CNCC1CCC(COC2CCCC(C)C2)O1. The van der Waals surface area contributed by atoms with Crippen molar-refractivity contribution in [1.82, 2.24) is 5.32 Å². The van der Waals surface area contributed by atoms with E-state index < -0.39 is 0 Å². The zero-order chi connectivity index (χ0) is 12.1. The molecule has 1 heterocycles. The van der Waals surface area contributed by atoms with E-state index in [4.69, 9.17) is 9.47 Å². The predicted molar refractivity (Wildman–Crippen MR) is 69.2 cm³/mol. The van der Waals surface area contributed by atoms with E-state index >= 15 is 0 Å². The molecule has 1 aliphatic carbocycles.